The number of H-pyrrole nitrogens is 1. The number of ether oxygens (including phenoxy) is 2. The van der Waals surface area contributed by atoms with Crippen LogP contribution in [0.5, 0.6) is 0 Å². The van der Waals surface area contributed by atoms with Gasteiger partial charge in [-0.1, -0.05) is 0 Å². The van der Waals surface area contributed by atoms with Gasteiger partial charge in [0.1, 0.15) is 0 Å². The van der Waals surface area contributed by atoms with Gasteiger partial charge in [0.15, 0.2) is 10.4 Å². The number of fused-ring (bicyclic) bond motifs is 1. The van der Waals surface area contributed by atoms with Crippen molar-refractivity contribution in [2.75, 3.05) is 19.8 Å². The van der Waals surface area contributed by atoms with Crippen LogP contribution in [-0.2, 0) is 16.0 Å². The lowest BCUT2D eigenvalue weighted by atomic mass is 10.3. The second-order valence-electron chi connectivity index (χ2n) is 4.43. The largest absolute Gasteiger partial charge is 0.376 e. The van der Waals surface area contributed by atoms with E-state index in [-0.39, 0.29) is 6.10 Å². The zero-order chi connectivity index (χ0) is 12.5. The van der Waals surface area contributed by atoms with Gasteiger partial charge in [0.2, 0.25) is 0 Å². The third kappa shape index (κ3) is 2.19. The normalized spacial score (nSPS) is 20.4. The van der Waals surface area contributed by atoms with E-state index >= 15 is 0 Å². The Hall–Kier alpha value is -1.24. The Morgan fingerprint density at radius 1 is 1.50 bits per heavy atom. The van der Waals surface area contributed by atoms with Crippen LogP contribution in [0, 0.1) is 11.7 Å². The Morgan fingerprint density at radius 3 is 3.17 bits per heavy atom. The van der Waals surface area contributed by atoms with E-state index in [0.717, 1.165) is 16.9 Å². The number of aryl methyl sites for hydroxylation is 1. The van der Waals surface area contributed by atoms with Gasteiger partial charge in [0.25, 0.3) is 0 Å². The zero-order valence-electron chi connectivity index (χ0n) is 10.2. The molecule has 1 atom stereocenters. The summed E-state index contributed by atoms with van der Waals surface area (Å²) in [4.78, 5) is 7.69. The van der Waals surface area contributed by atoms with Crippen molar-refractivity contribution < 1.29 is 9.47 Å². The highest BCUT2D eigenvalue weighted by Crippen LogP contribution is 2.14. The fourth-order valence-electron chi connectivity index (χ4n) is 2.14. The highest BCUT2D eigenvalue weighted by molar-refractivity contribution is 7.71. The SMILES string of the molecule is Cc1ccc2[nH]c(=S)n(CC3COCCO3)c2n1. The Balaban J connectivity index is 1.97. The average molecular weight is 265 g/mol. The first-order chi connectivity index (χ1) is 8.74. The van der Waals surface area contributed by atoms with Crippen molar-refractivity contribution in [3.63, 3.8) is 0 Å². The van der Waals surface area contributed by atoms with Crippen molar-refractivity contribution in [3.8, 4) is 0 Å². The molecule has 96 valence electrons. The summed E-state index contributed by atoms with van der Waals surface area (Å²) in [5.74, 6) is 0. The molecule has 0 aliphatic carbocycles. The predicted octanol–water partition coefficient (Wildman–Crippen LogP) is 1.82. The summed E-state index contributed by atoms with van der Waals surface area (Å²) in [6, 6.07) is 3.97. The lowest BCUT2D eigenvalue weighted by molar-refractivity contribution is -0.0934. The van der Waals surface area contributed by atoms with Crippen LogP contribution in [0.25, 0.3) is 11.2 Å². The van der Waals surface area contributed by atoms with Gasteiger partial charge in [-0.15, -0.1) is 0 Å². The van der Waals surface area contributed by atoms with Crippen LogP contribution >= 0.6 is 12.2 Å². The van der Waals surface area contributed by atoms with Gasteiger partial charge in [-0.2, -0.15) is 0 Å². The highest BCUT2D eigenvalue weighted by atomic mass is 32.1. The van der Waals surface area contributed by atoms with E-state index in [2.05, 4.69) is 9.97 Å². The molecule has 1 aliphatic heterocycles. The fourth-order valence-corrected chi connectivity index (χ4v) is 2.41. The van der Waals surface area contributed by atoms with Crippen LogP contribution < -0.4 is 0 Å². The van der Waals surface area contributed by atoms with Gasteiger partial charge < -0.3 is 14.5 Å². The van der Waals surface area contributed by atoms with E-state index in [1.165, 1.54) is 0 Å². The van der Waals surface area contributed by atoms with E-state index < -0.39 is 0 Å². The summed E-state index contributed by atoms with van der Waals surface area (Å²) in [6.07, 6.45) is 0.0479. The molecular formula is C12H15N3O2S. The topological polar surface area (TPSA) is 52.1 Å². The van der Waals surface area contributed by atoms with E-state index in [1.807, 2.05) is 23.6 Å². The van der Waals surface area contributed by atoms with Crippen molar-refractivity contribution in [3.05, 3.63) is 22.6 Å². The minimum atomic E-state index is 0.0479. The van der Waals surface area contributed by atoms with Crippen molar-refractivity contribution in [2.24, 2.45) is 0 Å². The first-order valence-corrected chi connectivity index (χ1v) is 6.40. The molecule has 2 aromatic rings. The van der Waals surface area contributed by atoms with Crippen molar-refractivity contribution in [1.29, 1.82) is 0 Å². The van der Waals surface area contributed by atoms with Crippen LogP contribution in [-0.4, -0.2) is 40.5 Å². The van der Waals surface area contributed by atoms with Gasteiger partial charge in [-0.25, -0.2) is 4.98 Å². The van der Waals surface area contributed by atoms with Gasteiger partial charge in [-0.05, 0) is 31.3 Å². The maximum atomic E-state index is 5.65. The van der Waals surface area contributed by atoms with Gasteiger partial charge in [0.05, 0.1) is 38.0 Å². The monoisotopic (exact) mass is 265 g/mol. The maximum Gasteiger partial charge on any atom is 0.179 e. The third-order valence-electron chi connectivity index (χ3n) is 3.03. The molecule has 1 aliphatic rings. The quantitative estimate of drug-likeness (QED) is 0.842. The number of rotatable bonds is 2. The predicted molar refractivity (Wildman–Crippen MR) is 70.2 cm³/mol. The van der Waals surface area contributed by atoms with E-state index in [1.54, 1.807) is 0 Å². The van der Waals surface area contributed by atoms with Crippen LogP contribution in [0.1, 0.15) is 5.69 Å². The number of hydrogen-bond donors (Lipinski definition) is 1. The van der Waals surface area contributed by atoms with Gasteiger partial charge >= 0.3 is 0 Å². The molecule has 18 heavy (non-hydrogen) atoms. The fraction of sp³-hybridized carbons (Fsp3) is 0.500. The molecule has 0 amide bonds. The summed E-state index contributed by atoms with van der Waals surface area (Å²) >= 11 is 5.34. The number of imidazole rings is 1. The molecule has 1 unspecified atom stereocenters. The van der Waals surface area contributed by atoms with Gasteiger partial charge in [-0.3, -0.25) is 4.57 Å². The molecular weight excluding hydrogens is 250 g/mol. The van der Waals surface area contributed by atoms with Crippen LogP contribution in [0.2, 0.25) is 0 Å². The number of pyridine rings is 1. The molecule has 0 saturated carbocycles. The van der Waals surface area contributed by atoms with Crippen molar-refractivity contribution >= 4 is 23.4 Å². The Morgan fingerprint density at radius 2 is 2.39 bits per heavy atom. The summed E-state index contributed by atoms with van der Waals surface area (Å²) in [6.45, 7) is 4.58. The second kappa shape index (κ2) is 4.79. The summed E-state index contributed by atoms with van der Waals surface area (Å²) in [7, 11) is 0. The molecule has 2 aromatic heterocycles. The first-order valence-electron chi connectivity index (χ1n) is 5.99. The maximum absolute atomic E-state index is 5.65. The van der Waals surface area contributed by atoms with E-state index in [0.29, 0.717) is 31.1 Å². The first kappa shape index (κ1) is 11.8. The lowest BCUT2D eigenvalue weighted by Crippen LogP contribution is -2.32. The molecule has 6 heteroatoms. The summed E-state index contributed by atoms with van der Waals surface area (Å²) < 4.78 is 13.7. The van der Waals surface area contributed by atoms with Crippen molar-refractivity contribution in [2.45, 2.75) is 19.6 Å². The molecule has 0 bridgehead atoms. The van der Waals surface area contributed by atoms with Crippen molar-refractivity contribution in [1.82, 2.24) is 14.5 Å². The number of nitrogens with one attached hydrogen (secondary N) is 1. The van der Waals surface area contributed by atoms with Crippen LogP contribution in [0.15, 0.2) is 12.1 Å². The minimum absolute atomic E-state index is 0.0479. The molecule has 1 N–H and O–H groups in total. The minimum Gasteiger partial charge on any atom is -0.376 e. The Labute approximate surface area is 110 Å². The van der Waals surface area contributed by atoms with Crippen LogP contribution in [0.4, 0.5) is 0 Å². The summed E-state index contributed by atoms with van der Waals surface area (Å²) in [5.41, 5.74) is 2.82. The number of aromatic nitrogens is 3. The molecule has 3 heterocycles. The molecule has 0 spiro atoms. The van der Waals surface area contributed by atoms with E-state index in [9.17, 15) is 0 Å². The van der Waals surface area contributed by atoms with Crippen LogP contribution in [0.3, 0.4) is 0 Å². The smallest absolute Gasteiger partial charge is 0.179 e. The standard InChI is InChI=1S/C12H15N3O2S/c1-8-2-3-10-11(13-8)15(12(18)14-10)6-9-7-16-4-5-17-9/h2-3,9H,4-7H2,1H3,(H,14,18). The van der Waals surface area contributed by atoms with E-state index in [4.69, 9.17) is 21.7 Å². The molecule has 5 nitrogen and oxygen atoms in total. The summed E-state index contributed by atoms with van der Waals surface area (Å²) in [5, 5.41) is 0. The molecule has 1 saturated heterocycles. The number of aromatic amines is 1. The molecule has 3 rings (SSSR count). The average Bonchev–Trinajstić information content (AvgIpc) is 2.67. The number of hydrogen-bond acceptors (Lipinski definition) is 4. The Bertz CT molecular complexity index is 613. The number of nitrogens with zero attached hydrogens (tertiary/aromatic N) is 2. The Kier molecular flexibility index (Phi) is 3.15. The molecule has 1 fully saturated rings. The third-order valence-corrected chi connectivity index (χ3v) is 3.35. The molecule has 0 radical (unpaired) electrons. The second-order valence-corrected chi connectivity index (χ2v) is 4.82. The zero-order valence-corrected chi connectivity index (χ0v) is 11.0. The lowest BCUT2D eigenvalue weighted by Gasteiger charge is -2.23. The molecule has 0 aromatic carbocycles. The van der Waals surface area contributed by atoms with Gasteiger partial charge in [0, 0.05) is 5.69 Å². The highest BCUT2D eigenvalue weighted by Gasteiger charge is 2.17.